The van der Waals surface area contributed by atoms with Gasteiger partial charge in [0.1, 0.15) is 0 Å². The normalized spacial score (nSPS) is 14.5. The molecule has 0 aliphatic heterocycles. The first-order chi connectivity index (χ1) is 5.17. The van der Waals surface area contributed by atoms with E-state index in [1.807, 2.05) is 0 Å². The first-order valence-corrected chi connectivity index (χ1v) is 4.69. The molecule has 1 unspecified atom stereocenters. The summed E-state index contributed by atoms with van der Waals surface area (Å²) in [5.41, 5.74) is 0. The third-order valence-corrected chi connectivity index (χ3v) is 2.78. The van der Waals surface area contributed by atoms with Gasteiger partial charge in [0.25, 0.3) is 0 Å². The molecule has 0 aliphatic rings. The third kappa shape index (κ3) is 2.80. The summed E-state index contributed by atoms with van der Waals surface area (Å²) in [6.45, 7) is 0. The monoisotopic (exact) mass is 236 g/mol. The smallest absolute Gasteiger partial charge is 0.321 e. The maximum atomic E-state index is 11.1. The summed E-state index contributed by atoms with van der Waals surface area (Å²) in [6.07, 6.45) is 0. The quantitative estimate of drug-likeness (QED) is 0.620. The molecule has 1 atom stereocenters. The first-order valence-electron chi connectivity index (χ1n) is 3.11. The molecule has 12 heavy (non-hydrogen) atoms. The van der Waals surface area contributed by atoms with Crippen LogP contribution in [0.15, 0.2) is 30.3 Å². The molecule has 1 rings (SSSR count). The predicted molar refractivity (Wildman–Crippen MR) is 42.9 cm³/mol. The second kappa shape index (κ2) is 4.88. The number of hydrogen-bond acceptors (Lipinski definition) is 2. The van der Waals surface area contributed by atoms with Gasteiger partial charge in [-0.15, -0.1) is 0 Å². The van der Waals surface area contributed by atoms with Crippen molar-refractivity contribution in [3.63, 3.8) is 0 Å². The van der Waals surface area contributed by atoms with Gasteiger partial charge < -0.3 is 9.42 Å². The molecule has 1 aromatic carbocycles. The second-order valence-corrected chi connectivity index (χ2v) is 3.96. The van der Waals surface area contributed by atoms with Gasteiger partial charge in [-0.25, -0.2) is 0 Å². The zero-order valence-electron chi connectivity index (χ0n) is 6.80. The fourth-order valence-corrected chi connectivity index (χ4v) is 1.48. The minimum Gasteiger partial charge on any atom is -0.321 e. The Hall–Kier alpha value is -0.00662. The molecule has 3 nitrogen and oxygen atoms in total. The Balaban J connectivity index is 0.00000121. The van der Waals surface area contributed by atoms with Crippen molar-refractivity contribution < 1.29 is 33.5 Å². The Morgan fingerprint density at radius 3 is 2.25 bits per heavy atom. The Labute approximate surface area is 84.1 Å². The van der Waals surface area contributed by atoms with Crippen LogP contribution in [0.4, 0.5) is 0 Å². The third-order valence-electron chi connectivity index (χ3n) is 1.33. The molecule has 0 bridgehead atoms. The van der Waals surface area contributed by atoms with E-state index in [-0.39, 0.29) is 19.5 Å². The molecule has 0 aromatic heterocycles. The van der Waals surface area contributed by atoms with E-state index in [1.165, 1.54) is 7.11 Å². The molecule has 0 saturated heterocycles. The van der Waals surface area contributed by atoms with Crippen LogP contribution in [0.3, 0.4) is 0 Å². The average Bonchev–Trinajstić information content (AvgIpc) is 2.06. The largest absolute Gasteiger partial charge is 0.358 e. The molecule has 0 amide bonds. The van der Waals surface area contributed by atoms with Crippen LogP contribution >= 0.6 is 7.60 Å². The van der Waals surface area contributed by atoms with E-state index in [0.717, 1.165) is 0 Å². The van der Waals surface area contributed by atoms with E-state index >= 15 is 0 Å². The van der Waals surface area contributed by atoms with Gasteiger partial charge in [0.2, 0.25) is 0 Å². The number of benzene rings is 1. The van der Waals surface area contributed by atoms with Crippen LogP contribution in [0, 0.1) is 0 Å². The fourth-order valence-electron chi connectivity index (χ4n) is 0.722. The van der Waals surface area contributed by atoms with Crippen LogP contribution in [0.5, 0.6) is 0 Å². The molecule has 1 N–H and O–H groups in total. The van der Waals surface area contributed by atoms with Crippen molar-refractivity contribution in [2.24, 2.45) is 0 Å². The van der Waals surface area contributed by atoms with Crippen molar-refractivity contribution in [2.45, 2.75) is 0 Å². The van der Waals surface area contributed by atoms with Gasteiger partial charge >= 0.3 is 7.60 Å². The Bertz CT molecular complexity index is 275. The van der Waals surface area contributed by atoms with E-state index in [0.29, 0.717) is 5.30 Å². The second-order valence-electron chi connectivity index (χ2n) is 2.04. The topological polar surface area (TPSA) is 46.5 Å². The first kappa shape index (κ1) is 12.0. The molecule has 0 spiro atoms. The molecule has 0 aliphatic carbocycles. The van der Waals surface area contributed by atoms with Crippen LogP contribution in [0.25, 0.3) is 0 Å². The van der Waals surface area contributed by atoms with Crippen LogP contribution in [-0.2, 0) is 28.6 Å². The number of rotatable bonds is 2. The van der Waals surface area contributed by atoms with Gasteiger partial charge in [-0.2, -0.15) is 0 Å². The van der Waals surface area contributed by atoms with Gasteiger partial charge in [0.05, 0.1) is 5.30 Å². The molecule has 5 heteroatoms. The molecule has 0 fully saturated rings. The molecular weight excluding hydrogens is 228 g/mol. The number of hydrogen-bond donors (Lipinski definition) is 1. The SMILES string of the molecule is COP(=O)(O)c1ccccc1.[Zn]. The minimum atomic E-state index is -3.53. The van der Waals surface area contributed by atoms with Crippen molar-refractivity contribution in [1.29, 1.82) is 0 Å². The van der Waals surface area contributed by atoms with E-state index < -0.39 is 7.60 Å². The molecule has 0 heterocycles. The van der Waals surface area contributed by atoms with Gasteiger partial charge in [0, 0.05) is 26.6 Å². The summed E-state index contributed by atoms with van der Waals surface area (Å²) in [4.78, 5) is 9.13. The van der Waals surface area contributed by atoms with Crippen molar-refractivity contribution in [3.8, 4) is 0 Å². The van der Waals surface area contributed by atoms with Gasteiger partial charge in [-0.05, 0) is 12.1 Å². The zero-order valence-corrected chi connectivity index (χ0v) is 10.7. The van der Waals surface area contributed by atoms with Crippen LogP contribution in [-0.4, -0.2) is 12.0 Å². The maximum absolute atomic E-state index is 11.1. The zero-order chi connectivity index (χ0) is 8.32. The average molecular weight is 238 g/mol. The van der Waals surface area contributed by atoms with E-state index in [9.17, 15) is 4.57 Å². The van der Waals surface area contributed by atoms with Crippen molar-refractivity contribution >= 4 is 12.9 Å². The molecule has 0 saturated carbocycles. The molecular formula is C7H9O3PZn. The van der Waals surface area contributed by atoms with Crippen molar-refractivity contribution in [2.75, 3.05) is 7.11 Å². The summed E-state index contributed by atoms with van der Waals surface area (Å²) in [5, 5.41) is 0.322. The van der Waals surface area contributed by atoms with E-state index in [4.69, 9.17) is 4.89 Å². The van der Waals surface area contributed by atoms with Gasteiger partial charge in [0.15, 0.2) is 0 Å². The van der Waals surface area contributed by atoms with Crippen LogP contribution in [0.1, 0.15) is 0 Å². The summed E-state index contributed by atoms with van der Waals surface area (Å²) in [5.74, 6) is 0. The predicted octanol–water partition coefficient (Wildman–Crippen LogP) is 1.14. The van der Waals surface area contributed by atoms with E-state index in [2.05, 4.69) is 4.52 Å². The Morgan fingerprint density at radius 1 is 1.33 bits per heavy atom. The van der Waals surface area contributed by atoms with Gasteiger partial charge in [-0.3, -0.25) is 4.57 Å². The summed E-state index contributed by atoms with van der Waals surface area (Å²) < 4.78 is 15.6. The Morgan fingerprint density at radius 2 is 1.83 bits per heavy atom. The van der Waals surface area contributed by atoms with Crippen LogP contribution < -0.4 is 5.30 Å². The van der Waals surface area contributed by atoms with Gasteiger partial charge in [-0.1, -0.05) is 18.2 Å². The van der Waals surface area contributed by atoms with Crippen molar-refractivity contribution in [1.82, 2.24) is 0 Å². The fraction of sp³-hybridized carbons (Fsp3) is 0.143. The standard InChI is InChI=1S/C7H9O3P.Zn/c1-10-11(8,9)7-5-3-2-4-6-7;/h2-6H,1H3,(H,8,9);. The molecule has 62 valence electrons. The Kier molecular flexibility index (Phi) is 4.88. The minimum absolute atomic E-state index is 0. The van der Waals surface area contributed by atoms with Crippen LogP contribution in [0.2, 0.25) is 0 Å². The molecule has 0 radical (unpaired) electrons. The maximum Gasteiger partial charge on any atom is 0.358 e. The van der Waals surface area contributed by atoms with E-state index in [1.54, 1.807) is 30.3 Å². The summed E-state index contributed by atoms with van der Waals surface area (Å²) in [6, 6.07) is 8.28. The summed E-state index contributed by atoms with van der Waals surface area (Å²) >= 11 is 0. The molecule has 1 aromatic rings. The summed E-state index contributed by atoms with van der Waals surface area (Å²) in [7, 11) is -2.31. The van der Waals surface area contributed by atoms with Crippen molar-refractivity contribution in [3.05, 3.63) is 30.3 Å².